The highest BCUT2D eigenvalue weighted by molar-refractivity contribution is 5.77. The van der Waals surface area contributed by atoms with Gasteiger partial charge in [0, 0.05) is 25.5 Å². The molecule has 1 amide bonds. The lowest BCUT2D eigenvalue weighted by Gasteiger charge is -2.28. The summed E-state index contributed by atoms with van der Waals surface area (Å²) < 4.78 is 32.2. The Bertz CT molecular complexity index is 755. The van der Waals surface area contributed by atoms with Crippen molar-refractivity contribution in [3.63, 3.8) is 0 Å². The molecule has 0 unspecified atom stereocenters. The number of aromatic nitrogens is 1. The van der Waals surface area contributed by atoms with E-state index in [0.717, 1.165) is 37.8 Å². The summed E-state index contributed by atoms with van der Waals surface area (Å²) in [7, 11) is 0. The average Bonchev–Trinajstić information content (AvgIpc) is 3.23. The molecule has 1 saturated carbocycles. The zero-order valence-electron chi connectivity index (χ0n) is 13.9. The van der Waals surface area contributed by atoms with Crippen LogP contribution in [0.1, 0.15) is 38.0 Å². The van der Waals surface area contributed by atoms with Crippen LogP contribution in [0.15, 0.2) is 28.8 Å². The number of hydrogen-bond acceptors (Lipinski definition) is 4. The van der Waals surface area contributed by atoms with E-state index in [4.69, 9.17) is 10.2 Å². The summed E-state index contributed by atoms with van der Waals surface area (Å²) in [5, 5.41) is 3.03. The summed E-state index contributed by atoms with van der Waals surface area (Å²) in [6.07, 6.45) is 5.85. The summed E-state index contributed by atoms with van der Waals surface area (Å²) in [6.45, 7) is 0.436. The van der Waals surface area contributed by atoms with Gasteiger partial charge in [-0.25, -0.2) is 13.8 Å². The van der Waals surface area contributed by atoms with Crippen LogP contribution in [0.5, 0.6) is 0 Å². The van der Waals surface area contributed by atoms with E-state index in [1.165, 1.54) is 12.3 Å². The minimum Gasteiger partial charge on any atom is -0.441 e. The van der Waals surface area contributed by atoms with E-state index in [0.29, 0.717) is 18.9 Å². The van der Waals surface area contributed by atoms with E-state index in [1.807, 2.05) is 0 Å². The number of oxazole rings is 1. The van der Waals surface area contributed by atoms with Crippen LogP contribution >= 0.6 is 0 Å². The molecule has 1 fully saturated rings. The van der Waals surface area contributed by atoms with E-state index in [1.54, 1.807) is 0 Å². The minimum absolute atomic E-state index is 0.0972. The molecule has 25 heavy (non-hydrogen) atoms. The first-order chi connectivity index (χ1) is 12.0. The van der Waals surface area contributed by atoms with Gasteiger partial charge in [-0.2, -0.15) is 0 Å². The van der Waals surface area contributed by atoms with Crippen molar-refractivity contribution in [1.29, 1.82) is 0 Å². The third-order valence-electron chi connectivity index (χ3n) is 4.67. The van der Waals surface area contributed by atoms with Gasteiger partial charge < -0.3 is 15.5 Å². The third kappa shape index (κ3) is 4.04. The molecule has 1 aromatic heterocycles. The average molecular weight is 349 g/mol. The Hall–Kier alpha value is -2.28. The van der Waals surface area contributed by atoms with Crippen molar-refractivity contribution < 1.29 is 18.0 Å². The number of nitrogens with two attached hydrogens (primary N) is 1. The lowest BCUT2D eigenvalue weighted by atomic mass is 9.97. The van der Waals surface area contributed by atoms with E-state index in [-0.39, 0.29) is 29.2 Å². The Kier molecular flexibility index (Phi) is 5.13. The van der Waals surface area contributed by atoms with Gasteiger partial charge in [-0.1, -0.05) is 12.8 Å². The van der Waals surface area contributed by atoms with E-state index >= 15 is 0 Å². The first-order valence-electron chi connectivity index (χ1n) is 8.42. The van der Waals surface area contributed by atoms with E-state index < -0.39 is 11.6 Å². The smallest absolute Gasteiger partial charge is 0.220 e. The number of benzene rings is 1. The van der Waals surface area contributed by atoms with Crippen molar-refractivity contribution in [2.75, 3.05) is 6.54 Å². The predicted molar refractivity (Wildman–Crippen MR) is 88.6 cm³/mol. The van der Waals surface area contributed by atoms with Crippen LogP contribution < -0.4 is 11.1 Å². The number of amides is 1. The summed E-state index contributed by atoms with van der Waals surface area (Å²) in [5.41, 5.74) is 5.66. The predicted octanol–water partition coefficient (Wildman–Crippen LogP) is 2.94. The van der Waals surface area contributed by atoms with Gasteiger partial charge in [0.1, 0.15) is 11.6 Å². The van der Waals surface area contributed by atoms with Crippen molar-refractivity contribution in [1.82, 2.24) is 10.3 Å². The second-order valence-electron chi connectivity index (χ2n) is 6.48. The van der Waals surface area contributed by atoms with Gasteiger partial charge >= 0.3 is 0 Å². The molecule has 1 aromatic carbocycles. The highest BCUT2D eigenvalue weighted by Crippen LogP contribution is 2.29. The maximum absolute atomic E-state index is 13.8. The fourth-order valence-electron chi connectivity index (χ4n) is 3.25. The molecule has 1 heterocycles. The van der Waals surface area contributed by atoms with Crippen LogP contribution in [0.4, 0.5) is 8.78 Å². The fourth-order valence-corrected chi connectivity index (χ4v) is 3.25. The molecule has 0 atom stereocenters. The molecule has 0 aliphatic heterocycles. The van der Waals surface area contributed by atoms with Crippen LogP contribution in [0, 0.1) is 11.6 Å². The Morgan fingerprint density at radius 1 is 1.32 bits per heavy atom. The second kappa shape index (κ2) is 7.31. The molecular weight excluding hydrogens is 328 g/mol. The van der Waals surface area contributed by atoms with Gasteiger partial charge in [-0.3, -0.25) is 4.79 Å². The van der Waals surface area contributed by atoms with Gasteiger partial charge in [-0.15, -0.1) is 0 Å². The Morgan fingerprint density at radius 3 is 2.76 bits per heavy atom. The molecule has 1 aliphatic rings. The zero-order valence-corrected chi connectivity index (χ0v) is 13.9. The molecule has 5 nitrogen and oxygen atoms in total. The molecule has 2 aromatic rings. The number of hydrogen-bond donors (Lipinski definition) is 2. The number of halogens is 2. The number of carbonyl (C=O) groups excluding carboxylic acids is 1. The minimum atomic E-state index is -0.716. The lowest BCUT2D eigenvalue weighted by Crippen LogP contribution is -2.51. The largest absolute Gasteiger partial charge is 0.441 e. The van der Waals surface area contributed by atoms with Crippen molar-refractivity contribution in [2.24, 2.45) is 5.73 Å². The maximum atomic E-state index is 13.8. The van der Waals surface area contributed by atoms with Crippen LogP contribution in [0.2, 0.25) is 0 Å². The second-order valence-corrected chi connectivity index (χ2v) is 6.48. The van der Waals surface area contributed by atoms with Crippen LogP contribution in [0.25, 0.3) is 11.3 Å². The number of carbonyl (C=O) groups is 1. The third-order valence-corrected chi connectivity index (χ3v) is 4.67. The van der Waals surface area contributed by atoms with Gasteiger partial charge in [0.25, 0.3) is 0 Å². The van der Waals surface area contributed by atoms with Gasteiger partial charge in [0.15, 0.2) is 11.7 Å². The first-order valence-corrected chi connectivity index (χ1v) is 8.42. The zero-order chi connectivity index (χ0) is 17.9. The highest BCUT2D eigenvalue weighted by Gasteiger charge is 2.33. The molecule has 0 saturated heterocycles. The number of rotatable bonds is 6. The SMILES string of the molecule is NCC1(NC(=O)CCc2ncc(-c3ccc(F)cc3F)o2)CCCC1. The molecule has 7 heteroatoms. The number of nitrogens with zero attached hydrogens (tertiary/aromatic N) is 1. The van der Waals surface area contributed by atoms with E-state index in [9.17, 15) is 13.6 Å². The quantitative estimate of drug-likeness (QED) is 0.840. The summed E-state index contributed by atoms with van der Waals surface area (Å²) in [6, 6.07) is 3.24. The molecule has 1 aliphatic carbocycles. The van der Waals surface area contributed by atoms with Crippen LogP contribution in [0.3, 0.4) is 0 Å². The number of nitrogens with one attached hydrogen (secondary N) is 1. The molecule has 3 N–H and O–H groups in total. The van der Waals surface area contributed by atoms with Gasteiger partial charge in [0.2, 0.25) is 5.91 Å². The lowest BCUT2D eigenvalue weighted by molar-refractivity contribution is -0.123. The molecule has 0 spiro atoms. The van der Waals surface area contributed by atoms with Crippen molar-refractivity contribution in [3.8, 4) is 11.3 Å². The van der Waals surface area contributed by atoms with Crippen molar-refractivity contribution in [3.05, 3.63) is 41.9 Å². The van der Waals surface area contributed by atoms with Crippen molar-refractivity contribution >= 4 is 5.91 Å². The topological polar surface area (TPSA) is 81.1 Å². The Labute approximate surface area is 144 Å². The number of aryl methyl sites for hydroxylation is 1. The monoisotopic (exact) mass is 349 g/mol. The van der Waals surface area contributed by atoms with Crippen LogP contribution in [-0.4, -0.2) is 23.0 Å². The Morgan fingerprint density at radius 2 is 2.08 bits per heavy atom. The summed E-state index contributed by atoms with van der Waals surface area (Å²) in [4.78, 5) is 16.2. The maximum Gasteiger partial charge on any atom is 0.220 e. The summed E-state index contributed by atoms with van der Waals surface area (Å²) in [5.74, 6) is -0.922. The van der Waals surface area contributed by atoms with Gasteiger partial charge in [0.05, 0.1) is 17.3 Å². The standard InChI is InChI=1S/C18H21F2N3O2/c19-12-3-4-13(14(20)9-12)15-10-22-17(25-15)6-5-16(24)23-18(11-21)7-1-2-8-18/h3-4,9-10H,1-2,5-8,11,21H2,(H,23,24). The van der Waals surface area contributed by atoms with E-state index in [2.05, 4.69) is 10.3 Å². The first kappa shape index (κ1) is 17.5. The van der Waals surface area contributed by atoms with Gasteiger partial charge in [-0.05, 0) is 25.0 Å². The van der Waals surface area contributed by atoms with Crippen molar-refractivity contribution in [2.45, 2.75) is 44.1 Å². The molecule has 134 valence electrons. The Balaban J connectivity index is 1.59. The highest BCUT2D eigenvalue weighted by atomic mass is 19.1. The molecule has 0 bridgehead atoms. The summed E-state index contributed by atoms with van der Waals surface area (Å²) >= 11 is 0. The molecular formula is C18H21F2N3O2. The molecule has 3 rings (SSSR count). The molecule has 0 radical (unpaired) electrons. The van der Waals surface area contributed by atoms with Crippen LogP contribution in [-0.2, 0) is 11.2 Å². The fraction of sp³-hybridized carbons (Fsp3) is 0.444. The normalized spacial score (nSPS) is 16.1.